The minimum Gasteiger partial charge on any atom is -0.388 e. The van der Waals surface area contributed by atoms with Crippen LogP contribution in [0.5, 0.6) is 0 Å². The van der Waals surface area contributed by atoms with Crippen molar-refractivity contribution in [1.82, 2.24) is 0 Å². The molecule has 2 aromatic rings. The monoisotopic (exact) mass is 270 g/mol. The first-order valence-corrected chi connectivity index (χ1v) is 6.37. The Morgan fingerprint density at radius 1 is 1.15 bits per heavy atom. The molecule has 1 atom stereocenters. The van der Waals surface area contributed by atoms with Crippen LogP contribution in [-0.4, -0.2) is 11.7 Å². The molecular formula is C16H15FN2O. The maximum absolute atomic E-state index is 12.8. The number of para-hydroxylation sites is 1. The van der Waals surface area contributed by atoms with Gasteiger partial charge in [0.2, 0.25) is 0 Å². The highest BCUT2D eigenvalue weighted by molar-refractivity contribution is 5.57. The molecule has 0 saturated heterocycles. The molecule has 0 spiro atoms. The third-order valence-corrected chi connectivity index (χ3v) is 3.04. The predicted molar refractivity (Wildman–Crippen MR) is 75.6 cm³/mol. The fourth-order valence-corrected chi connectivity index (χ4v) is 1.93. The van der Waals surface area contributed by atoms with Gasteiger partial charge in [-0.2, -0.15) is 5.26 Å². The van der Waals surface area contributed by atoms with Crippen LogP contribution in [0.2, 0.25) is 0 Å². The summed E-state index contributed by atoms with van der Waals surface area (Å²) in [6.07, 6.45) is -0.178. The molecule has 2 rings (SSSR count). The van der Waals surface area contributed by atoms with Crippen LogP contribution in [0.25, 0.3) is 0 Å². The Labute approximate surface area is 117 Å². The molecular weight excluding hydrogens is 255 g/mol. The Morgan fingerprint density at radius 3 is 2.55 bits per heavy atom. The Bertz CT molecular complexity index is 605. The Morgan fingerprint density at radius 2 is 1.85 bits per heavy atom. The van der Waals surface area contributed by atoms with E-state index in [1.807, 2.05) is 12.1 Å². The SMILES string of the molecule is N#Cc1ccccc1NCCC(O)c1ccc(F)cc1. The lowest BCUT2D eigenvalue weighted by molar-refractivity contribution is 0.171. The third-order valence-electron chi connectivity index (χ3n) is 3.04. The molecule has 0 amide bonds. The van der Waals surface area contributed by atoms with E-state index in [4.69, 9.17) is 5.26 Å². The average molecular weight is 270 g/mol. The first-order chi connectivity index (χ1) is 9.70. The van der Waals surface area contributed by atoms with Crippen molar-refractivity contribution >= 4 is 5.69 Å². The number of nitrogens with one attached hydrogen (secondary N) is 1. The largest absolute Gasteiger partial charge is 0.388 e. The lowest BCUT2D eigenvalue weighted by atomic mass is 10.1. The summed E-state index contributed by atoms with van der Waals surface area (Å²) in [6, 6.07) is 15.1. The molecule has 2 aromatic carbocycles. The maximum Gasteiger partial charge on any atom is 0.123 e. The third kappa shape index (κ3) is 3.56. The van der Waals surface area contributed by atoms with E-state index in [0.29, 0.717) is 24.1 Å². The summed E-state index contributed by atoms with van der Waals surface area (Å²) in [6.45, 7) is 0.525. The van der Waals surface area contributed by atoms with Gasteiger partial charge in [0.05, 0.1) is 17.4 Å². The van der Waals surface area contributed by atoms with Crippen LogP contribution in [-0.2, 0) is 0 Å². The van der Waals surface area contributed by atoms with Gasteiger partial charge in [-0.25, -0.2) is 4.39 Å². The summed E-state index contributed by atoms with van der Waals surface area (Å²) in [7, 11) is 0. The summed E-state index contributed by atoms with van der Waals surface area (Å²) in [5, 5.41) is 22.1. The van der Waals surface area contributed by atoms with Crippen molar-refractivity contribution in [2.75, 3.05) is 11.9 Å². The van der Waals surface area contributed by atoms with Crippen molar-refractivity contribution in [3.8, 4) is 6.07 Å². The van der Waals surface area contributed by atoms with Gasteiger partial charge in [0.25, 0.3) is 0 Å². The summed E-state index contributed by atoms with van der Waals surface area (Å²) in [4.78, 5) is 0. The standard InChI is InChI=1S/C16H15FN2O/c17-14-7-5-12(6-8-14)16(20)9-10-19-15-4-2-1-3-13(15)11-18/h1-8,16,19-20H,9-10H2. The number of halogens is 1. The second kappa shape index (κ2) is 6.69. The zero-order chi connectivity index (χ0) is 14.4. The molecule has 0 aromatic heterocycles. The molecule has 1 unspecified atom stereocenters. The highest BCUT2D eigenvalue weighted by Crippen LogP contribution is 2.18. The van der Waals surface area contributed by atoms with Crippen molar-refractivity contribution in [2.24, 2.45) is 0 Å². The van der Waals surface area contributed by atoms with Gasteiger partial charge < -0.3 is 10.4 Å². The maximum atomic E-state index is 12.8. The number of aliphatic hydroxyl groups excluding tert-OH is 1. The Hall–Kier alpha value is -2.38. The van der Waals surface area contributed by atoms with E-state index in [9.17, 15) is 9.50 Å². The molecule has 0 aliphatic carbocycles. The van der Waals surface area contributed by atoms with Crippen molar-refractivity contribution in [1.29, 1.82) is 5.26 Å². The molecule has 0 bridgehead atoms. The molecule has 102 valence electrons. The molecule has 2 N–H and O–H groups in total. The lowest BCUT2D eigenvalue weighted by Gasteiger charge is -2.13. The van der Waals surface area contributed by atoms with Crippen LogP contribution in [0.15, 0.2) is 48.5 Å². The van der Waals surface area contributed by atoms with E-state index in [1.54, 1.807) is 24.3 Å². The van der Waals surface area contributed by atoms with Crippen LogP contribution in [0.1, 0.15) is 23.7 Å². The predicted octanol–water partition coefficient (Wildman–Crippen LogP) is 3.23. The number of hydrogen-bond donors (Lipinski definition) is 2. The van der Waals surface area contributed by atoms with Crippen LogP contribution >= 0.6 is 0 Å². The molecule has 0 saturated carbocycles. The highest BCUT2D eigenvalue weighted by atomic mass is 19.1. The topological polar surface area (TPSA) is 56.0 Å². The summed E-state index contributed by atoms with van der Waals surface area (Å²) in [5.74, 6) is -0.318. The zero-order valence-corrected chi connectivity index (χ0v) is 10.9. The van der Waals surface area contributed by atoms with Gasteiger partial charge in [-0.1, -0.05) is 24.3 Å². The normalized spacial score (nSPS) is 11.7. The fraction of sp³-hybridized carbons (Fsp3) is 0.188. The molecule has 0 heterocycles. The van der Waals surface area contributed by atoms with Crippen molar-refractivity contribution in [3.05, 3.63) is 65.5 Å². The van der Waals surface area contributed by atoms with Crippen LogP contribution in [0.4, 0.5) is 10.1 Å². The minimum absolute atomic E-state index is 0.318. The smallest absolute Gasteiger partial charge is 0.123 e. The number of nitrogens with zero attached hydrogens (tertiary/aromatic N) is 1. The van der Waals surface area contributed by atoms with Crippen LogP contribution in [0, 0.1) is 17.1 Å². The molecule has 0 radical (unpaired) electrons. The summed E-state index contributed by atoms with van der Waals surface area (Å²) in [5.41, 5.74) is 2.01. The van der Waals surface area contributed by atoms with Gasteiger partial charge in [-0.15, -0.1) is 0 Å². The second-order valence-electron chi connectivity index (χ2n) is 4.44. The molecule has 0 aliphatic rings. The quantitative estimate of drug-likeness (QED) is 0.877. The van der Waals surface area contributed by atoms with Gasteiger partial charge in [0.1, 0.15) is 11.9 Å². The summed E-state index contributed by atoms with van der Waals surface area (Å²) >= 11 is 0. The Balaban J connectivity index is 1.90. The van der Waals surface area contributed by atoms with E-state index >= 15 is 0 Å². The van der Waals surface area contributed by atoms with Crippen LogP contribution < -0.4 is 5.32 Å². The molecule has 20 heavy (non-hydrogen) atoms. The van der Waals surface area contributed by atoms with Gasteiger partial charge in [0.15, 0.2) is 0 Å². The number of nitriles is 1. The molecule has 0 fully saturated rings. The molecule has 0 aliphatic heterocycles. The number of anilines is 1. The van der Waals surface area contributed by atoms with Crippen LogP contribution in [0.3, 0.4) is 0 Å². The summed E-state index contributed by atoms with van der Waals surface area (Å²) < 4.78 is 12.8. The van der Waals surface area contributed by atoms with E-state index in [2.05, 4.69) is 11.4 Å². The number of hydrogen-bond acceptors (Lipinski definition) is 3. The lowest BCUT2D eigenvalue weighted by Crippen LogP contribution is -2.08. The van der Waals surface area contributed by atoms with E-state index in [1.165, 1.54) is 12.1 Å². The van der Waals surface area contributed by atoms with Gasteiger partial charge in [-0.3, -0.25) is 0 Å². The first kappa shape index (κ1) is 14.0. The van der Waals surface area contributed by atoms with E-state index < -0.39 is 6.10 Å². The average Bonchev–Trinajstić information content (AvgIpc) is 2.48. The second-order valence-corrected chi connectivity index (χ2v) is 4.44. The van der Waals surface area contributed by atoms with Gasteiger partial charge in [0, 0.05) is 6.54 Å². The minimum atomic E-state index is -0.655. The highest BCUT2D eigenvalue weighted by Gasteiger charge is 2.07. The van der Waals surface area contributed by atoms with Crippen molar-refractivity contribution in [2.45, 2.75) is 12.5 Å². The van der Waals surface area contributed by atoms with Crippen molar-refractivity contribution < 1.29 is 9.50 Å². The van der Waals surface area contributed by atoms with E-state index in [0.717, 1.165) is 5.69 Å². The zero-order valence-electron chi connectivity index (χ0n) is 10.9. The number of benzene rings is 2. The Kier molecular flexibility index (Phi) is 4.70. The molecule has 4 heteroatoms. The number of aliphatic hydroxyl groups is 1. The first-order valence-electron chi connectivity index (χ1n) is 6.37. The fourth-order valence-electron chi connectivity index (χ4n) is 1.93. The van der Waals surface area contributed by atoms with E-state index in [-0.39, 0.29) is 5.82 Å². The molecule has 3 nitrogen and oxygen atoms in total. The van der Waals surface area contributed by atoms with Gasteiger partial charge >= 0.3 is 0 Å². The van der Waals surface area contributed by atoms with Gasteiger partial charge in [-0.05, 0) is 36.2 Å². The van der Waals surface area contributed by atoms with Crippen molar-refractivity contribution in [3.63, 3.8) is 0 Å². The number of rotatable bonds is 5.